The van der Waals surface area contributed by atoms with E-state index in [4.69, 9.17) is 9.47 Å². The van der Waals surface area contributed by atoms with E-state index in [2.05, 4.69) is 5.32 Å². The first-order chi connectivity index (χ1) is 16.6. The third kappa shape index (κ3) is 5.36. The maximum Gasteiger partial charge on any atom is 0.410 e. The maximum absolute atomic E-state index is 13.2. The number of rotatable bonds is 7. The average molecular weight is 461 g/mol. The van der Waals surface area contributed by atoms with Crippen LogP contribution in [-0.2, 0) is 32.1 Å². The van der Waals surface area contributed by atoms with E-state index in [-0.39, 0.29) is 18.9 Å². The highest BCUT2D eigenvalue weighted by atomic mass is 16.6. The van der Waals surface area contributed by atoms with Gasteiger partial charge in [0.1, 0.15) is 18.7 Å². The molecule has 1 aliphatic heterocycles. The molecule has 3 aromatic carbocycles. The molecule has 34 heavy (non-hydrogen) atoms. The molecule has 7 nitrogen and oxygen atoms in total. The van der Waals surface area contributed by atoms with Gasteiger partial charge in [-0.2, -0.15) is 0 Å². The summed E-state index contributed by atoms with van der Waals surface area (Å²) in [5, 5.41) is 4.89. The van der Waals surface area contributed by atoms with Gasteiger partial charge in [0.05, 0.1) is 7.11 Å². The van der Waals surface area contributed by atoms with Crippen LogP contribution >= 0.6 is 0 Å². The molecule has 0 unspecified atom stereocenters. The summed E-state index contributed by atoms with van der Waals surface area (Å²) >= 11 is 0. The lowest BCUT2D eigenvalue weighted by atomic mass is 9.98. The van der Waals surface area contributed by atoms with Crippen LogP contribution in [0, 0.1) is 0 Å². The lowest BCUT2D eigenvalue weighted by Crippen LogP contribution is -2.51. The van der Waals surface area contributed by atoms with Crippen LogP contribution in [0.25, 0.3) is 10.8 Å². The number of ether oxygens (including phenoxy) is 2. The highest BCUT2D eigenvalue weighted by Gasteiger charge is 2.37. The standard InChI is InChI=1S/C27H28N2O5/c1-33-26(31)23(17-21-13-7-12-20-11-5-6-14-22(20)21)28-25(30)24-15-8-16-29(24)27(32)34-18-19-9-3-2-4-10-19/h2-7,9-14,23-24H,8,15-18H2,1H3,(H,28,30)/t23-,24-/m1/s1. The highest BCUT2D eigenvalue weighted by molar-refractivity contribution is 5.91. The Kier molecular flexibility index (Phi) is 7.42. The van der Waals surface area contributed by atoms with Crippen molar-refractivity contribution in [3.05, 3.63) is 83.9 Å². The second-order valence-electron chi connectivity index (χ2n) is 8.32. The number of carbonyl (C=O) groups is 3. The number of likely N-dealkylation sites (tertiary alicyclic amines) is 1. The molecule has 0 saturated carbocycles. The molecule has 2 amide bonds. The van der Waals surface area contributed by atoms with E-state index >= 15 is 0 Å². The summed E-state index contributed by atoms with van der Waals surface area (Å²) in [4.78, 5) is 39.8. The monoisotopic (exact) mass is 460 g/mol. The molecule has 1 N–H and O–H groups in total. The van der Waals surface area contributed by atoms with Crippen molar-refractivity contribution in [1.29, 1.82) is 0 Å². The third-order valence-corrected chi connectivity index (χ3v) is 6.10. The molecule has 0 spiro atoms. The highest BCUT2D eigenvalue weighted by Crippen LogP contribution is 2.22. The molecule has 1 fully saturated rings. The number of nitrogens with zero attached hydrogens (tertiary/aromatic N) is 1. The fraction of sp³-hybridized carbons (Fsp3) is 0.296. The second kappa shape index (κ2) is 10.8. The maximum atomic E-state index is 13.2. The van der Waals surface area contributed by atoms with Crippen molar-refractivity contribution >= 4 is 28.7 Å². The van der Waals surface area contributed by atoms with E-state index in [0.717, 1.165) is 21.9 Å². The number of fused-ring (bicyclic) bond motifs is 1. The van der Waals surface area contributed by atoms with Crippen LogP contribution in [-0.4, -0.2) is 48.6 Å². The van der Waals surface area contributed by atoms with E-state index in [1.54, 1.807) is 0 Å². The van der Waals surface area contributed by atoms with E-state index in [9.17, 15) is 14.4 Å². The molecule has 2 atom stereocenters. The van der Waals surface area contributed by atoms with E-state index < -0.39 is 24.1 Å². The molecule has 1 heterocycles. The molecule has 1 saturated heterocycles. The predicted octanol–water partition coefficient (Wildman–Crippen LogP) is 3.84. The van der Waals surface area contributed by atoms with Gasteiger partial charge in [-0.25, -0.2) is 9.59 Å². The molecule has 7 heteroatoms. The number of esters is 1. The van der Waals surface area contributed by atoms with Crippen molar-refractivity contribution in [2.75, 3.05) is 13.7 Å². The van der Waals surface area contributed by atoms with Crippen molar-refractivity contribution in [3.8, 4) is 0 Å². The van der Waals surface area contributed by atoms with Gasteiger partial charge in [-0.15, -0.1) is 0 Å². The summed E-state index contributed by atoms with van der Waals surface area (Å²) in [6.45, 7) is 0.564. The van der Waals surface area contributed by atoms with Gasteiger partial charge in [-0.3, -0.25) is 9.69 Å². The molecule has 176 valence electrons. The Hall–Kier alpha value is -3.87. The summed E-state index contributed by atoms with van der Waals surface area (Å²) in [6.07, 6.45) is 0.939. The van der Waals surface area contributed by atoms with Gasteiger partial charge in [0.15, 0.2) is 0 Å². The van der Waals surface area contributed by atoms with Crippen molar-refractivity contribution < 1.29 is 23.9 Å². The van der Waals surface area contributed by atoms with Crippen molar-refractivity contribution in [2.45, 2.75) is 38.0 Å². The van der Waals surface area contributed by atoms with E-state index in [1.807, 2.05) is 72.8 Å². The topological polar surface area (TPSA) is 84.9 Å². The van der Waals surface area contributed by atoms with Crippen LogP contribution in [0.4, 0.5) is 4.79 Å². The Labute approximate surface area is 198 Å². The van der Waals surface area contributed by atoms with Crippen molar-refractivity contribution in [3.63, 3.8) is 0 Å². The first-order valence-corrected chi connectivity index (χ1v) is 11.4. The lowest BCUT2D eigenvalue weighted by molar-refractivity contribution is -0.145. The minimum atomic E-state index is -0.869. The molecule has 3 aromatic rings. The first-order valence-electron chi connectivity index (χ1n) is 11.4. The van der Waals surface area contributed by atoms with Crippen LogP contribution < -0.4 is 5.32 Å². The van der Waals surface area contributed by atoms with Gasteiger partial charge in [0.2, 0.25) is 5.91 Å². The summed E-state index contributed by atoms with van der Waals surface area (Å²) in [6, 6.07) is 21.6. The predicted molar refractivity (Wildman–Crippen MR) is 128 cm³/mol. The van der Waals surface area contributed by atoms with Gasteiger partial charge in [-0.1, -0.05) is 72.8 Å². The molecule has 0 aliphatic carbocycles. The summed E-state index contributed by atoms with van der Waals surface area (Å²) in [5.41, 5.74) is 1.80. The second-order valence-corrected chi connectivity index (χ2v) is 8.32. The fourth-order valence-electron chi connectivity index (χ4n) is 4.35. The SMILES string of the molecule is COC(=O)[C@@H](Cc1cccc2ccccc12)NC(=O)[C@H]1CCCN1C(=O)OCc1ccccc1. The summed E-state index contributed by atoms with van der Waals surface area (Å²) in [7, 11) is 1.30. The molecule has 4 rings (SSSR count). The largest absolute Gasteiger partial charge is 0.467 e. The molecule has 0 bridgehead atoms. The van der Waals surface area contributed by atoms with E-state index in [0.29, 0.717) is 19.4 Å². The van der Waals surface area contributed by atoms with Crippen molar-refractivity contribution in [1.82, 2.24) is 10.2 Å². The number of amides is 2. The molecule has 0 radical (unpaired) electrons. The quantitative estimate of drug-likeness (QED) is 0.542. The first kappa shape index (κ1) is 23.3. The van der Waals surface area contributed by atoms with Crippen molar-refractivity contribution in [2.24, 2.45) is 0 Å². The van der Waals surface area contributed by atoms with Gasteiger partial charge >= 0.3 is 12.1 Å². The Morgan fingerprint density at radius 3 is 2.53 bits per heavy atom. The Balaban J connectivity index is 1.44. The molecular weight excluding hydrogens is 432 g/mol. The number of nitrogens with one attached hydrogen (secondary N) is 1. The zero-order valence-electron chi connectivity index (χ0n) is 19.1. The average Bonchev–Trinajstić information content (AvgIpc) is 3.37. The smallest absolute Gasteiger partial charge is 0.410 e. The normalized spacial score (nSPS) is 16.1. The number of benzene rings is 3. The zero-order valence-corrected chi connectivity index (χ0v) is 19.1. The molecule has 0 aromatic heterocycles. The van der Waals surface area contributed by atoms with Crippen LogP contribution in [0.2, 0.25) is 0 Å². The number of methoxy groups -OCH3 is 1. The van der Waals surface area contributed by atoms with Gasteiger partial charge in [0, 0.05) is 13.0 Å². The zero-order chi connectivity index (χ0) is 23.9. The van der Waals surface area contributed by atoms with Crippen LogP contribution in [0.3, 0.4) is 0 Å². The van der Waals surface area contributed by atoms with Gasteiger partial charge in [-0.05, 0) is 34.7 Å². The Morgan fingerprint density at radius 1 is 1.00 bits per heavy atom. The third-order valence-electron chi connectivity index (χ3n) is 6.10. The summed E-state index contributed by atoms with van der Waals surface area (Å²) in [5.74, 6) is -0.915. The number of hydrogen-bond acceptors (Lipinski definition) is 5. The van der Waals surface area contributed by atoms with E-state index in [1.165, 1.54) is 12.0 Å². The molecule has 1 aliphatic rings. The number of carbonyl (C=O) groups excluding carboxylic acids is 3. The minimum absolute atomic E-state index is 0.135. The fourth-order valence-corrected chi connectivity index (χ4v) is 4.35. The summed E-state index contributed by atoms with van der Waals surface area (Å²) < 4.78 is 10.4. The lowest BCUT2D eigenvalue weighted by Gasteiger charge is -2.25. The van der Waals surface area contributed by atoms with Gasteiger partial charge < -0.3 is 14.8 Å². The van der Waals surface area contributed by atoms with Crippen LogP contribution in [0.15, 0.2) is 72.8 Å². The minimum Gasteiger partial charge on any atom is -0.467 e. The van der Waals surface area contributed by atoms with Crippen LogP contribution in [0.5, 0.6) is 0 Å². The Morgan fingerprint density at radius 2 is 1.74 bits per heavy atom. The molecular formula is C27H28N2O5. The number of hydrogen-bond donors (Lipinski definition) is 1. The van der Waals surface area contributed by atoms with Crippen LogP contribution in [0.1, 0.15) is 24.0 Å². The van der Waals surface area contributed by atoms with Gasteiger partial charge in [0.25, 0.3) is 0 Å². The Bertz CT molecular complexity index is 1160.